The first-order valence-corrected chi connectivity index (χ1v) is 7.88. The Labute approximate surface area is 124 Å². The summed E-state index contributed by atoms with van der Waals surface area (Å²) < 4.78 is 0. The number of hydrogen-bond donors (Lipinski definition) is 0. The zero-order chi connectivity index (χ0) is 14.2. The van der Waals surface area contributed by atoms with Gasteiger partial charge in [-0.3, -0.25) is 4.90 Å². The Morgan fingerprint density at radius 3 is 2.50 bits per heavy atom. The van der Waals surface area contributed by atoms with E-state index in [1.54, 1.807) is 0 Å². The van der Waals surface area contributed by atoms with E-state index in [1.165, 1.54) is 43.5 Å². The molecule has 20 heavy (non-hydrogen) atoms. The molecule has 2 rings (SSSR count). The van der Waals surface area contributed by atoms with Gasteiger partial charge in [-0.2, -0.15) is 0 Å². The fraction of sp³-hybridized carbons (Fsp3) is 0.474. The number of rotatable bonds is 6. The summed E-state index contributed by atoms with van der Waals surface area (Å²) in [6.07, 6.45) is 10.8. The number of hydrogen-bond acceptors (Lipinski definition) is 1. The third-order valence-electron chi connectivity index (χ3n) is 3.75. The lowest BCUT2D eigenvalue weighted by Gasteiger charge is -2.15. The lowest BCUT2D eigenvalue weighted by molar-refractivity contribution is 0.371. The van der Waals surface area contributed by atoms with E-state index >= 15 is 0 Å². The molecule has 0 aromatic heterocycles. The maximum atomic E-state index is 2.57. The van der Waals surface area contributed by atoms with Crippen molar-refractivity contribution in [3.05, 3.63) is 53.6 Å². The van der Waals surface area contributed by atoms with Crippen LogP contribution in [0, 0.1) is 5.92 Å². The average Bonchev–Trinajstić information content (AvgIpc) is 2.96. The van der Waals surface area contributed by atoms with Gasteiger partial charge in [-0.25, -0.2) is 0 Å². The smallest absolute Gasteiger partial charge is 0.0230 e. The van der Waals surface area contributed by atoms with E-state index in [-0.39, 0.29) is 0 Å². The molecule has 1 aromatic rings. The monoisotopic (exact) mass is 269 g/mol. The molecule has 0 unspecified atom stereocenters. The van der Waals surface area contributed by atoms with Gasteiger partial charge in [-0.1, -0.05) is 62.4 Å². The molecule has 1 aliphatic heterocycles. The van der Waals surface area contributed by atoms with E-state index in [4.69, 9.17) is 0 Å². The molecule has 0 spiro atoms. The maximum Gasteiger partial charge on any atom is 0.0230 e. The second-order valence-corrected chi connectivity index (χ2v) is 6.14. The standard InChI is InChI=1S/C19H27N/c1-17(2)10-11-19(16-20-14-6-7-15-20)13-12-18-8-4-3-5-9-18/h3-5,8-9,11-13,17H,6-7,10,14-16H2,1-2H3. The van der Waals surface area contributed by atoms with Gasteiger partial charge in [0.25, 0.3) is 0 Å². The van der Waals surface area contributed by atoms with Gasteiger partial charge in [0.05, 0.1) is 0 Å². The van der Waals surface area contributed by atoms with E-state index in [1.807, 2.05) is 0 Å². The molecule has 1 saturated heterocycles. The second-order valence-electron chi connectivity index (χ2n) is 6.14. The Balaban J connectivity index is 2.01. The van der Waals surface area contributed by atoms with E-state index in [0.717, 1.165) is 12.5 Å². The molecule has 0 radical (unpaired) electrons. The topological polar surface area (TPSA) is 3.24 Å². The quantitative estimate of drug-likeness (QED) is 0.672. The van der Waals surface area contributed by atoms with Gasteiger partial charge < -0.3 is 0 Å². The van der Waals surface area contributed by atoms with Crippen LogP contribution in [0.5, 0.6) is 0 Å². The third kappa shape index (κ3) is 5.34. The Morgan fingerprint density at radius 2 is 1.85 bits per heavy atom. The van der Waals surface area contributed by atoms with Crippen LogP contribution >= 0.6 is 0 Å². The molecule has 108 valence electrons. The van der Waals surface area contributed by atoms with Crippen LogP contribution in [0.3, 0.4) is 0 Å². The van der Waals surface area contributed by atoms with Crippen molar-refractivity contribution in [1.29, 1.82) is 0 Å². The van der Waals surface area contributed by atoms with Crippen LogP contribution in [0.15, 0.2) is 48.1 Å². The summed E-state index contributed by atoms with van der Waals surface area (Å²) in [5.41, 5.74) is 2.74. The van der Waals surface area contributed by atoms with Crippen molar-refractivity contribution in [2.45, 2.75) is 33.1 Å². The molecular formula is C19H27N. The molecule has 0 bridgehead atoms. The van der Waals surface area contributed by atoms with Gasteiger partial charge >= 0.3 is 0 Å². The summed E-state index contributed by atoms with van der Waals surface area (Å²) in [4.78, 5) is 2.57. The van der Waals surface area contributed by atoms with Gasteiger partial charge in [0.15, 0.2) is 0 Å². The average molecular weight is 269 g/mol. The Hall–Kier alpha value is -1.34. The van der Waals surface area contributed by atoms with Crippen LogP contribution < -0.4 is 0 Å². The minimum Gasteiger partial charge on any atom is -0.299 e. The molecule has 0 amide bonds. The Kier molecular flexibility index (Phi) is 6.07. The maximum absolute atomic E-state index is 2.57. The lowest BCUT2D eigenvalue weighted by Crippen LogP contribution is -2.21. The van der Waals surface area contributed by atoms with Crippen LogP contribution in [0.25, 0.3) is 6.08 Å². The van der Waals surface area contributed by atoms with Crippen molar-refractivity contribution in [2.24, 2.45) is 5.92 Å². The van der Waals surface area contributed by atoms with Crippen molar-refractivity contribution in [1.82, 2.24) is 4.90 Å². The van der Waals surface area contributed by atoms with Crippen LogP contribution in [-0.4, -0.2) is 24.5 Å². The number of allylic oxidation sites excluding steroid dienone is 1. The minimum atomic E-state index is 0.730. The highest BCUT2D eigenvalue weighted by molar-refractivity contribution is 5.52. The molecule has 0 N–H and O–H groups in total. The van der Waals surface area contributed by atoms with Crippen LogP contribution in [-0.2, 0) is 0 Å². The molecular weight excluding hydrogens is 242 g/mol. The zero-order valence-electron chi connectivity index (χ0n) is 12.9. The Morgan fingerprint density at radius 1 is 1.15 bits per heavy atom. The zero-order valence-corrected chi connectivity index (χ0v) is 12.9. The fourth-order valence-corrected chi connectivity index (χ4v) is 2.54. The first-order valence-electron chi connectivity index (χ1n) is 7.88. The molecule has 0 atom stereocenters. The van der Waals surface area contributed by atoms with E-state index in [2.05, 4.69) is 67.3 Å². The highest BCUT2D eigenvalue weighted by Gasteiger charge is 2.11. The first-order chi connectivity index (χ1) is 9.74. The summed E-state index contributed by atoms with van der Waals surface area (Å²) in [5, 5.41) is 0. The predicted molar refractivity (Wildman–Crippen MR) is 88.7 cm³/mol. The van der Waals surface area contributed by atoms with Crippen LogP contribution in [0.2, 0.25) is 0 Å². The largest absolute Gasteiger partial charge is 0.299 e. The summed E-state index contributed by atoms with van der Waals surface area (Å²) in [6.45, 7) is 8.20. The van der Waals surface area contributed by atoms with Crippen molar-refractivity contribution < 1.29 is 0 Å². The van der Waals surface area contributed by atoms with Crippen molar-refractivity contribution in [3.63, 3.8) is 0 Å². The molecule has 1 aliphatic rings. The molecule has 1 aromatic carbocycles. The number of likely N-dealkylation sites (tertiary alicyclic amines) is 1. The predicted octanol–water partition coefficient (Wildman–Crippen LogP) is 4.77. The van der Waals surface area contributed by atoms with Crippen molar-refractivity contribution >= 4 is 6.08 Å². The van der Waals surface area contributed by atoms with E-state index < -0.39 is 0 Å². The molecule has 1 fully saturated rings. The molecule has 1 nitrogen and oxygen atoms in total. The molecule has 0 saturated carbocycles. The highest BCUT2D eigenvalue weighted by atomic mass is 15.1. The molecule has 1 heteroatoms. The summed E-state index contributed by atoms with van der Waals surface area (Å²) in [6, 6.07) is 10.6. The summed E-state index contributed by atoms with van der Waals surface area (Å²) in [7, 11) is 0. The lowest BCUT2D eigenvalue weighted by atomic mass is 10.1. The summed E-state index contributed by atoms with van der Waals surface area (Å²) >= 11 is 0. The SMILES string of the molecule is CC(C)CC=C(C=Cc1ccccc1)CN1CCCC1. The van der Waals surface area contributed by atoms with E-state index in [0.29, 0.717) is 0 Å². The van der Waals surface area contributed by atoms with Crippen LogP contribution in [0.1, 0.15) is 38.7 Å². The van der Waals surface area contributed by atoms with Gasteiger partial charge in [-0.05, 0) is 49.4 Å². The Bertz CT molecular complexity index is 436. The van der Waals surface area contributed by atoms with Gasteiger partial charge in [0.2, 0.25) is 0 Å². The number of nitrogens with zero attached hydrogens (tertiary/aromatic N) is 1. The first kappa shape index (κ1) is 15.1. The van der Waals surface area contributed by atoms with Gasteiger partial charge in [-0.15, -0.1) is 0 Å². The fourth-order valence-electron chi connectivity index (χ4n) is 2.54. The molecule has 1 heterocycles. The number of benzene rings is 1. The second kappa shape index (κ2) is 8.06. The van der Waals surface area contributed by atoms with Crippen molar-refractivity contribution in [2.75, 3.05) is 19.6 Å². The highest BCUT2D eigenvalue weighted by Crippen LogP contribution is 2.14. The normalized spacial score (nSPS) is 17.4. The molecule has 0 aliphatic carbocycles. The third-order valence-corrected chi connectivity index (χ3v) is 3.75. The van der Waals surface area contributed by atoms with Gasteiger partial charge in [0, 0.05) is 6.54 Å². The van der Waals surface area contributed by atoms with Crippen molar-refractivity contribution in [3.8, 4) is 0 Å². The summed E-state index contributed by atoms with van der Waals surface area (Å²) in [5.74, 6) is 0.730. The van der Waals surface area contributed by atoms with Gasteiger partial charge in [0.1, 0.15) is 0 Å². The van der Waals surface area contributed by atoms with E-state index in [9.17, 15) is 0 Å². The minimum absolute atomic E-state index is 0.730. The van der Waals surface area contributed by atoms with Crippen LogP contribution in [0.4, 0.5) is 0 Å².